The highest BCUT2D eigenvalue weighted by molar-refractivity contribution is 14.1. The first-order valence-corrected chi connectivity index (χ1v) is 8.41. The van der Waals surface area contributed by atoms with Gasteiger partial charge in [0.1, 0.15) is 5.75 Å². The number of rotatable bonds is 4. The lowest BCUT2D eigenvalue weighted by Crippen LogP contribution is -2.25. The zero-order valence-electron chi connectivity index (χ0n) is 13.1. The molecule has 2 N–H and O–H groups in total. The minimum Gasteiger partial charge on any atom is -0.508 e. The molecule has 0 unspecified atom stereocenters. The molecule has 0 aliphatic rings. The van der Waals surface area contributed by atoms with Crippen LogP contribution in [0.4, 0.5) is 4.79 Å². The van der Waals surface area contributed by atoms with E-state index in [0.29, 0.717) is 16.5 Å². The molecule has 0 aliphatic carbocycles. The third kappa shape index (κ3) is 9.63. The number of ether oxygens (including phenoxy) is 1. The average molecular weight is 433 g/mol. The van der Waals surface area contributed by atoms with E-state index in [4.69, 9.17) is 10.2 Å². The van der Waals surface area contributed by atoms with Crippen LogP contribution in [0.2, 0.25) is 0 Å². The predicted octanol–water partition coefficient (Wildman–Crippen LogP) is 3.34. The summed E-state index contributed by atoms with van der Waals surface area (Å²) >= 11 is 2.09. The maximum atomic E-state index is 10.8. The van der Waals surface area contributed by atoms with Crippen molar-refractivity contribution in [1.29, 1.82) is 0 Å². The average Bonchev–Trinajstić information content (AvgIpc) is 2.55. The molecule has 0 saturated carbocycles. The second-order valence-electron chi connectivity index (χ2n) is 4.25. The van der Waals surface area contributed by atoms with Crippen molar-refractivity contribution in [2.24, 2.45) is 0 Å². The van der Waals surface area contributed by atoms with Crippen molar-refractivity contribution in [3.8, 4) is 17.7 Å². The van der Waals surface area contributed by atoms with Crippen LogP contribution in [0.15, 0.2) is 24.3 Å². The Morgan fingerprint density at radius 1 is 1.30 bits per heavy atom. The molecule has 1 aromatic carbocycles. The first-order chi connectivity index (χ1) is 11.0. The van der Waals surface area contributed by atoms with Gasteiger partial charge in [-0.05, 0) is 30.7 Å². The van der Waals surface area contributed by atoms with E-state index in [1.807, 2.05) is 6.92 Å². The number of aromatic hydroxyl groups is 1. The van der Waals surface area contributed by atoms with Gasteiger partial charge in [0.05, 0.1) is 17.1 Å². The molecule has 0 radical (unpaired) electrons. The summed E-state index contributed by atoms with van der Waals surface area (Å²) in [5, 5.41) is 17.5. The molecule has 1 amide bonds. The molecular weight excluding hydrogens is 413 g/mol. The Morgan fingerprint density at radius 2 is 1.91 bits per heavy atom. The minimum absolute atomic E-state index is 0.137. The Morgan fingerprint density at radius 3 is 2.35 bits per heavy atom. The summed E-state index contributed by atoms with van der Waals surface area (Å²) in [6, 6.07) is 8.46. The Hall–Kier alpha value is -1.95. The number of methoxy groups -OCH3 is 1. The molecule has 0 aliphatic heterocycles. The lowest BCUT2D eigenvalue weighted by molar-refractivity contribution is 0.0600. The zero-order chi connectivity index (χ0) is 17.7. The van der Waals surface area contributed by atoms with Crippen LogP contribution in [0.25, 0.3) is 0 Å². The van der Waals surface area contributed by atoms with Crippen molar-refractivity contribution >= 4 is 34.7 Å². The number of nitrogens with zero attached hydrogens (tertiary/aromatic N) is 1. The smallest absolute Gasteiger partial charge is 0.419 e. The van der Waals surface area contributed by atoms with Gasteiger partial charge in [0.25, 0.3) is 0 Å². The fraction of sp³-hybridized carbons (Fsp3) is 0.375. The van der Waals surface area contributed by atoms with Crippen molar-refractivity contribution in [2.75, 3.05) is 18.1 Å². The maximum absolute atomic E-state index is 10.8. The fourth-order valence-electron chi connectivity index (χ4n) is 1.36. The van der Waals surface area contributed by atoms with Crippen molar-refractivity contribution in [3.63, 3.8) is 0 Å². The number of benzene rings is 1. The van der Waals surface area contributed by atoms with E-state index >= 15 is 0 Å². The summed E-state index contributed by atoms with van der Waals surface area (Å²) in [5.41, 5.74) is 0.435. The van der Waals surface area contributed by atoms with Gasteiger partial charge in [0.2, 0.25) is 0 Å². The number of amides is 1. The van der Waals surface area contributed by atoms with Crippen LogP contribution in [-0.4, -0.2) is 45.3 Å². The highest BCUT2D eigenvalue weighted by Gasteiger charge is 2.06. The van der Waals surface area contributed by atoms with E-state index in [1.54, 1.807) is 0 Å². The van der Waals surface area contributed by atoms with Crippen LogP contribution in [0, 0.1) is 12.0 Å². The van der Waals surface area contributed by atoms with Gasteiger partial charge in [0.15, 0.2) is 0 Å². The number of carboxylic acid groups (broad SMARTS) is 1. The molecule has 0 spiro atoms. The van der Waals surface area contributed by atoms with E-state index in [2.05, 4.69) is 39.3 Å². The minimum atomic E-state index is -0.958. The van der Waals surface area contributed by atoms with Gasteiger partial charge in [0, 0.05) is 12.6 Å². The van der Waals surface area contributed by atoms with Crippen LogP contribution >= 0.6 is 22.6 Å². The molecule has 1 aromatic rings. The molecule has 0 saturated heterocycles. The van der Waals surface area contributed by atoms with Crippen LogP contribution < -0.4 is 0 Å². The number of unbranched alkanes of at least 4 members (excludes halogenated alkanes) is 1. The number of phenolic OH excluding ortho intramolecular Hbond substituents is 1. The lowest BCUT2D eigenvalue weighted by Gasteiger charge is -2.09. The molecule has 126 valence electrons. The normalized spacial score (nSPS) is 8.83. The lowest BCUT2D eigenvalue weighted by atomic mass is 10.2. The first-order valence-electron chi connectivity index (χ1n) is 6.88. The van der Waals surface area contributed by atoms with Gasteiger partial charge >= 0.3 is 12.1 Å². The van der Waals surface area contributed by atoms with Crippen molar-refractivity contribution in [1.82, 2.24) is 4.90 Å². The third-order valence-electron chi connectivity index (χ3n) is 2.54. The van der Waals surface area contributed by atoms with Crippen molar-refractivity contribution in [3.05, 3.63) is 29.8 Å². The number of hydrogen-bond acceptors (Lipinski definition) is 4. The molecule has 7 heteroatoms. The monoisotopic (exact) mass is 433 g/mol. The Labute approximate surface area is 149 Å². The number of halogens is 1. The van der Waals surface area contributed by atoms with Crippen LogP contribution in [-0.2, 0) is 4.74 Å². The number of esters is 1. The van der Waals surface area contributed by atoms with E-state index in [0.717, 1.165) is 17.7 Å². The van der Waals surface area contributed by atoms with Gasteiger partial charge in [-0.2, -0.15) is 0 Å². The number of carbonyl (C=O) groups excluding carboxylic acids is 1. The Kier molecular flexibility index (Phi) is 11.5. The van der Waals surface area contributed by atoms with Crippen LogP contribution in [0.5, 0.6) is 5.75 Å². The molecule has 0 heterocycles. The summed E-state index contributed by atoms with van der Waals surface area (Å²) < 4.78 is 5.12. The quantitative estimate of drug-likeness (QED) is 0.250. The highest BCUT2D eigenvalue weighted by Crippen LogP contribution is 2.09. The molecular formula is C16H20INO5. The van der Waals surface area contributed by atoms with E-state index in [-0.39, 0.29) is 5.75 Å². The summed E-state index contributed by atoms with van der Waals surface area (Å²) in [6.07, 6.45) is 0.888. The van der Waals surface area contributed by atoms with Gasteiger partial charge in [-0.15, -0.1) is 0 Å². The Balaban J connectivity index is 0.000000422. The Bertz CT molecular complexity index is 548. The molecule has 0 aromatic heterocycles. The van der Waals surface area contributed by atoms with Crippen molar-refractivity contribution in [2.45, 2.75) is 19.8 Å². The number of phenols is 1. The summed E-state index contributed by atoms with van der Waals surface area (Å²) in [5.74, 6) is 2.46. The van der Waals surface area contributed by atoms with Gasteiger partial charge in [-0.3, -0.25) is 0 Å². The van der Waals surface area contributed by atoms with E-state index in [1.165, 1.54) is 31.4 Å². The number of carbonyl (C=O) groups is 2. The third-order valence-corrected chi connectivity index (χ3v) is 2.92. The molecule has 0 bridgehead atoms. The second-order valence-corrected chi connectivity index (χ2v) is 5.01. The molecule has 0 fully saturated rings. The van der Waals surface area contributed by atoms with Crippen LogP contribution in [0.1, 0.15) is 30.1 Å². The van der Waals surface area contributed by atoms with Crippen LogP contribution in [0.3, 0.4) is 0 Å². The largest absolute Gasteiger partial charge is 0.508 e. The summed E-state index contributed by atoms with van der Waals surface area (Å²) in [6.45, 7) is 2.53. The topological polar surface area (TPSA) is 87.1 Å². The summed E-state index contributed by atoms with van der Waals surface area (Å²) in [7, 11) is 1.31. The van der Waals surface area contributed by atoms with Crippen molar-refractivity contribution < 1.29 is 24.5 Å². The van der Waals surface area contributed by atoms with E-state index < -0.39 is 12.1 Å². The van der Waals surface area contributed by atoms with E-state index in [9.17, 15) is 9.59 Å². The molecule has 6 nitrogen and oxygen atoms in total. The maximum Gasteiger partial charge on any atom is 0.419 e. The van der Waals surface area contributed by atoms with Gasteiger partial charge in [-0.25, -0.2) is 14.5 Å². The van der Waals surface area contributed by atoms with Gasteiger partial charge in [-0.1, -0.05) is 41.9 Å². The zero-order valence-corrected chi connectivity index (χ0v) is 15.2. The second kappa shape index (κ2) is 12.6. The standard InChI is InChI=1S/C8H12INO2.C8H8O3/c1-2-3-6-10(8(11)12)7-4-5-9;1-11-8(10)6-2-4-7(9)5-3-6/h2-3,5-6H2,1H3,(H,11,12);2-5,9H,1H3. The summed E-state index contributed by atoms with van der Waals surface area (Å²) in [4.78, 5) is 22.5. The molecule has 0 atom stereocenters. The predicted molar refractivity (Wildman–Crippen MR) is 95.7 cm³/mol. The highest BCUT2D eigenvalue weighted by atomic mass is 127. The molecule has 23 heavy (non-hydrogen) atoms. The fourth-order valence-corrected chi connectivity index (χ4v) is 1.53. The SMILES string of the molecule is CCCCN(C#CCI)C(=O)O.COC(=O)c1ccc(O)cc1. The first kappa shape index (κ1) is 21.0. The van der Waals surface area contributed by atoms with Gasteiger partial charge < -0.3 is 14.9 Å². The number of hydrogen-bond donors (Lipinski definition) is 2. The number of alkyl halides is 1. The molecule has 1 rings (SSSR count).